The van der Waals surface area contributed by atoms with Crippen molar-refractivity contribution in [2.24, 2.45) is 0 Å². The number of nitrogens with zero attached hydrogens (tertiary/aromatic N) is 2. The van der Waals surface area contributed by atoms with Gasteiger partial charge in [-0.05, 0) is 24.1 Å². The van der Waals surface area contributed by atoms with Crippen molar-refractivity contribution in [1.29, 1.82) is 0 Å². The zero-order valence-electron chi connectivity index (χ0n) is 14.4. The Labute approximate surface area is 151 Å². The van der Waals surface area contributed by atoms with Crippen LogP contribution in [0.1, 0.15) is 18.1 Å². The molecule has 0 aliphatic rings. The molecule has 0 amide bonds. The number of phenols is 1. The Balaban J connectivity index is 2.10. The number of aromatic nitrogens is 2. The van der Waals surface area contributed by atoms with Gasteiger partial charge in [0.25, 0.3) is 0 Å². The molecule has 7 heteroatoms. The van der Waals surface area contributed by atoms with E-state index >= 15 is 0 Å². The molecule has 0 saturated carbocycles. The van der Waals surface area contributed by atoms with Gasteiger partial charge in [-0.3, -0.25) is 0 Å². The van der Waals surface area contributed by atoms with E-state index in [1.807, 2.05) is 43.3 Å². The SMILES string of the molecule is CCOc1cc(Cc2cnc(N)nc2N)c(N)c(O)c1-c1ccccc1. The molecule has 0 aliphatic heterocycles. The van der Waals surface area contributed by atoms with E-state index in [0.717, 1.165) is 5.56 Å². The smallest absolute Gasteiger partial charge is 0.221 e. The first-order valence-corrected chi connectivity index (χ1v) is 8.20. The second kappa shape index (κ2) is 7.18. The second-order valence-corrected chi connectivity index (χ2v) is 5.79. The summed E-state index contributed by atoms with van der Waals surface area (Å²) in [5.74, 6) is 0.917. The molecule has 0 unspecified atom stereocenters. The molecule has 26 heavy (non-hydrogen) atoms. The van der Waals surface area contributed by atoms with E-state index in [1.54, 1.807) is 6.20 Å². The second-order valence-electron chi connectivity index (χ2n) is 5.79. The number of aromatic hydroxyl groups is 1. The quantitative estimate of drug-likeness (QED) is 0.410. The minimum absolute atomic E-state index is 0.0212. The third-order valence-electron chi connectivity index (χ3n) is 4.05. The summed E-state index contributed by atoms with van der Waals surface area (Å²) >= 11 is 0. The van der Waals surface area contributed by atoms with Crippen LogP contribution >= 0.6 is 0 Å². The highest BCUT2D eigenvalue weighted by Gasteiger charge is 2.19. The Morgan fingerprint density at radius 1 is 1.08 bits per heavy atom. The highest BCUT2D eigenvalue weighted by molar-refractivity contribution is 5.84. The van der Waals surface area contributed by atoms with Crippen LogP contribution in [0.15, 0.2) is 42.6 Å². The van der Waals surface area contributed by atoms with Crippen LogP contribution in [0.2, 0.25) is 0 Å². The fourth-order valence-electron chi connectivity index (χ4n) is 2.79. The van der Waals surface area contributed by atoms with Crippen LogP contribution in [-0.2, 0) is 6.42 Å². The normalized spacial score (nSPS) is 10.7. The molecule has 0 bridgehead atoms. The van der Waals surface area contributed by atoms with Crippen LogP contribution in [0, 0.1) is 0 Å². The Kier molecular flexibility index (Phi) is 4.79. The van der Waals surface area contributed by atoms with Crippen molar-refractivity contribution in [1.82, 2.24) is 9.97 Å². The number of rotatable bonds is 5. The van der Waals surface area contributed by atoms with Crippen LogP contribution in [0.3, 0.4) is 0 Å². The molecule has 7 nitrogen and oxygen atoms in total. The van der Waals surface area contributed by atoms with E-state index in [4.69, 9.17) is 21.9 Å². The van der Waals surface area contributed by atoms with Crippen molar-refractivity contribution >= 4 is 17.5 Å². The molecule has 0 spiro atoms. The van der Waals surface area contributed by atoms with E-state index < -0.39 is 0 Å². The number of nitrogen functional groups attached to an aromatic ring is 3. The molecule has 0 saturated heterocycles. The number of ether oxygens (including phenoxy) is 1. The molecule has 1 aromatic heterocycles. The van der Waals surface area contributed by atoms with Crippen molar-refractivity contribution in [2.45, 2.75) is 13.3 Å². The van der Waals surface area contributed by atoms with Gasteiger partial charge in [0.15, 0.2) is 0 Å². The monoisotopic (exact) mass is 351 g/mol. The van der Waals surface area contributed by atoms with Gasteiger partial charge in [-0.25, -0.2) is 4.98 Å². The Morgan fingerprint density at radius 3 is 2.46 bits per heavy atom. The molecule has 3 rings (SSSR count). The van der Waals surface area contributed by atoms with Crippen LogP contribution in [0.5, 0.6) is 11.5 Å². The van der Waals surface area contributed by atoms with E-state index in [2.05, 4.69) is 9.97 Å². The molecule has 0 radical (unpaired) electrons. The fourth-order valence-corrected chi connectivity index (χ4v) is 2.79. The summed E-state index contributed by atoms with van der Waals surface area (Å²) < 4.78 is 5.76. The van der Waals surface area contributed by atoms with Crippen molar-refractivity contribution in [3.63, 3.8) is 0 Å². The summed E-state index contributed by atoms with van der Waals surface area (Å²) in [6, 6.07) is 11.3. The summed E-state index contributed by atoms with van der Waals surface area (Å²) in [5, 5.41) is 10.7. The summed E-state index contributed by atoms with van der Waals surface area (Å²) in [7, 11) is 0. The standard InChI is InChI=1S/C19H21N5O2/c1-2-26-14-9-12(8-13-10-23-19(22)24-18(13)21)16(20)17(25)15(14)11-6-4-3-5-7-11/h3-7,9-10,25H,2,8,20H2,1H3,(H4,21,22,23,24). The molecular formula is C19H21N5O2. The zero-order valence-corrected chi connectivity index (χ0v) is 14.4. The van der Waals surface area contributed by atoms with Crippen molar-refractivity contribution < 1.29 is 9.84 Å². The molecule has 134 valence electrons. The first-order chi connectivity index (χ1) is 12.5. The van der Waals surface area contributed by atoms with Crippen LogP contribution in [0.25, 0.3) is 11.1 Å². The summed E-state index contributed by atoms with van der Waals surface area (Å²) in [6.07, 6.45) is 1.90. The minimum Gasteiger partial charge on any atom is -0.505 e. The van der Waals surface area contributed by atoms with Gasteiger partial charge >= 0.3 is 0 Å². The molecule has 2 aromatic carbocycles. The van der Waals surface area contributed by atoms with Gasteiger partial charge < -0.3 is 27.0 Å². The Morgan fingerprint density at radius 2 is 1.81 bits per heavy atom. The van der Waals surface area contributed by atoms with Gasteiger partial charge in [0.1, 0.15) is 17.3 Å². The minimum atomic E-state index is -0.0212. The predicted molar refractivity (Wildman–Crippen MR) is 103 cm³/mol. The lowest BCUT2D eigenvalue weighted by atomic mass is 9.96. The average Bonchev–Trinajstić information content (AvgIpc) is 2.62. The van der Waals surface area contributed by atoms with Gasteiger partial charge in [0, 0.05) is 18.2 Å². The molecule has 3 aromatic rings. The highest BCUT2D eigenvalue weighted by Crippen LogP contribution is 2.44. The predicted octanol–water partition coefficient (Wildman–Crippen LogP) is 2.59. The molecule has 0 atom stereocenters. The Bertz CT molecular complexity index is 929. The van der Waals surface area contributed by atoms with Crippen molar-refractivity contribution in [2.75, 3.05) is 23.8 Å². The maximum atomic E-state index is 10.7. The molecule has 1 heterocycles. The third kappa shape index (κ3) is 3.32. The lowest BCUT2D eigenvalue weighted by molar-refractivity contribution is 0.339. The van der Waals surface area contributed by atoms with Gasteiger partial charge in [-0.15, -0.1) is 0 Å². The summed E-state index contributed by atoms with van der Waals surface area (Å²) in [6.45, 7) is 2.34. The van der Waals surface area contributed by atoms with Gasteiger partial charge in [-0.1, -0.05) is 30.3 Å². The Hall–Kier alpha value is -3.48. The van der Waals surface area contributed by atoms with Crippen LogP contribution in [-0.4, -0.2) is 21.7 Å². The number of hydrogen-bond acceptors (Lipinski definition) is 7. The zero-order chi connectivity index (χ0) is 18.7. The van der Waals surface area contributed by atoms with E-state index in [9.17, 15) is 5.11 Å². The maximum absolute atomic E-state index is 10.7. The summed E-state index contributed by atoms with van der Waals surface area (Å²) in [5.41, 5.74) is 20.6. The van der Waals surface area contributed by atoms with Gasteiger partial charge in [-0.2, -0.15) is 4.98 Å². The van der Waals surface area contributed by atoms with Crippen molar-refractivity contribution in [3.05, 3.63) is 53.7 Å². The fraction of sp³-hybridized carbons (Fsp3) is 0.158. The van der Waals surface area contributed by atoms with E-state index in [0.29, 0.717) is 35.5 Å². The first kappa shape index (κ1) is 17.3. The molecule has 0 fully saturated rings. The molecule has 0 aliphatic carbocycles. The van der Waals surface area contributed by atoms with Crippen molar-refractivity contribution in [3.8, 4) is 22.6 Å². The van der Waals surface area contributed by atoms with Gasteiger partial charge in [0.2, 0.25) is 5.95 Å². The number of hydrogen-bond donors (Lipinski definition) is 4. The number of phenolic OH excluding ortho intramolecular Hbond substituents is 1. The van der Waals surface area contributed by atoms with E-state index in [1.165, 1.54) is 0 Å². The number of anilines is 3. The topological polar surface area (TPSA) is 133 Å². The number of benzene rings is 2. The highest BCUT2D eigenvalue weighted by atomic mass is 16.5. The van der Waals surface area contributed by atoms with Crippen LogP contribution in [0.4, 0.5) is 17.5 Å². The lowest BCUT2D eigenvalue weighted by Crippen LogP contribution is -2.06. The lowest BCUT2D eigenvalue weighted by Gasteiger charge is -2.17. The largest absolute Gasteiger partial charge is 0.505 e. The number of nitrogens with two attached hydrogens (primary N) is 3. The van der Waals surface area contributed by atoms with Gasteiger partial charge in [0.05, 0.1) is 17.9 Å². The molecular weight excluding hydrogens is 330 g/mol. The molecule has 7 N–H and O–H groups in total. The van der Waals surface area contributed by atoms with E-state index in [-0.39, 0.29) is 23.2 Å². The maximum Gasteiger partial charge on any atom is 0.221 e. The summed E-state index contributed by atoms with van der Waals surface area (Å²) in [4.78, 5) is 7.92. The average molecular weight is 351 g/mol. The first-order valence-electron chi connectivity index (χ1n) is 8.20. The third-order valence-corrected chi connectivity index (χ3v) is 4.05. The van der Waals surface area contributed by atoms with Crippen LogP contribution < -0.4 is 21.9 Å².